The van der Waals surface area contributed by atoms with E-state index in [9.17, 15) is 0 Å². The zero-order valence-corrected chi connectivity index (χ0v) is 21.5. The molecule has 0 fully saturated rings. The molecule has 0 unspecified atom stereocenters. The molecule has 0 spiro atoms. The molecule has 4 aromatic heterocycles. The highest BCUT2D eigenvalue weighted by Crippen LogP contribution is 2.37. The van der Waals surface area contributed by atoms with Crippen molar-refractivity contribution in [3.05, 3.63) is 96.1 Å². The van der Waals surface area contributed by atoms with Gasteiger partial charge in [0.1, 0.15) is 0 Å². The van der Waals surface area contributed by atoms with Gasteiger partial charge in [0.15, 0.2) is 0 Å². The molecule has 0 N–H and O–H groups in total. The van der Waals surface area contributed by atoms with Crippen molar-refractivity contribution in [3.63, 3.8) is 0 Å². The van der Waals surface area contributed by atoms with Gasteiger partial charge in [-0.15, -0.1) is 0 Å². The Labute approximate surface area is 211 Å². The fourth-order valence-electron chi connectivity index (χ4n) is 5.29. The average molecular weight is 471 g/mol. The molecule has 6 rings (SSSR count). The van der Waals surface area contributed by atoms with Crippen LogP contribution in [0.4, 0.5) is 0 Å². The normalized spacial score (nSPS) is 12.7. The van der Waals surface area contributed by atoms with Crippen LogP contribution >= 0.6 is 0 Å². The molecule has 0 aliphatic heterocycles. The van der Waals surface area contributed by atoms with E-state index in [0.29, 0.717) is 0 Å². The maximum atomic E-state index is 4.91. The van der Waals surface area contributed by atoms with Gasteiger partial charge in [0, 0.05) is 46.3 Å². The molecule has 36 heavy (non-hydrogen) atoms. The van der Waals surface area contributed by atoms with Gasteiger partial charge in [0.25, 0.3) is 0 Å². The number of rotatable bonds is 3. The highest BCUT2D eigenvalue weighted by Gasteiger charge is 2.25. The first kappa shape index (κ1) is 22.5. The van der Waals surface area contributed by atoms with Crippen molar-refractivity contribution in [1.82, 2.24) is 19.9 Å². The number of aromatic nitrogens is 4. The predicted molar refractivity (Wildman–Crippen MR) is 150 cm³/mol. The SMILES string of the molecule is CC(C)(C)c1cnc2c(ccc3cc(CC(C)(C)c4cc5cccnc5c5ncccc45)cnc32)c1. The van der Waals surface area contributed by atoms with Crippen LogP contribution in [-0.2, 0) is 17.3 Å². The molecule has 0 radical (unpaired) electrons. The summed E-state index contributed by atoms with van der Waals surface area (Å²) in [6.45, 7) is 11.3. The zero-order chi connectivity index (χ0) is 25.1. The number of hydrogen-bond donors (Lipinski definition) is 0. The molecule has 6 aromatic rings. The van der Waals surface area contributed by atoms with Crippen LogP contribution in [0.3, 0.4) is 0 Å². The lowest BCUT2D eigenvalue weighted by Gasteiger charge is -2.27. The summed E-state index contributed by atoms with van der Waals surface area (Å²) in [6, 6.07) is 19.4. The van der Waals surface area contributed by atoms with E-state index in [1.54, 1.807) is 0 Å². The van der Waals surface area contributed by atoms with Crippen molar-refractivity contribution in [3.8, 4) is 0 Å². The summed E-state index contributed by atoms with van der Waals surface area (Å²) in [5.41, 5.74) is 7.50. The molecule has 0 aliphatic rings. The smallest absolute Gasteiger partial charge is 0.0967 e. The fraction of sp³-hybridized carbons (Fsp3) is 0.250. The third-order valence-electron chi connectivity index (χ3n) is 7.26. The largest absolute Gasteiger partial charge is 0.254 e. The van der Waals surface area contributed by atoms with E-state index in [2.05, 4.69) is 82.1 Å². The Morgan fingerprint density at radius 1 is 0.611 bits per heavy atom. The molecule has 4 nitrogen and oxygen atoms in total. The Morgan fingerprint density at radius 2 is 1.22 bits per heavy atom. The van der Waals surface area contributed by atoms with Gasteiger partial charge in [-0.1, -0.05) is 58.9 Å². The highest BCUT2D eigenvalue weighted by molar-refractivity contribution is 6.05. The fourth-order valence-corrected chi connectivity index (χ4v) is 5.29. The van der Waals surface area contributed by atoms with Crippen molar-refractivity contribution in [2.75, 3.05) is 0 Å². The Kier molecular flexibility index (Phi) is 5.04. The first-order valence-corrected chi connectivity index (χ1v) is 12.5. The molecule has 0 atom stereocenters. The average Bonchev–Trinajstić information content (AvgIpc) is 2.87. The summed E-state index contributed by atoms with van der Waals surface area (Å²) in [7, 11) is 0. The van der Waals surface area contributed by atoms with Crippen LogP contribution in [0.15, 0.2) is 79.4 Å². The number of hydrogen-bond acceptors (Lipinski definition) is 4. The molecule has 0 saturated heterocycles. The lowest BCUT2D eigenvalue weighted by atomic mass is 9.77. The summed E-state index contributed by atoms with van der Waals surface area (Å²) < 4.78 is 0. The van der Waals surface area contributed by atoms with Crippen molar-refractivity contribution < 1.29 is 0 Å². The Hall–Kier alpha value is -3.92. The van der Waals surface area contributed by atoms with Crippen LogP contribution < -0.4 is 0 Å². The Bertz CT molecular complexity index is 1780. The highest BCUT2D eigenvalue weighted by atomic mass is 14.7. The van der Waals surface area contributed by atoms with Crippen LogP contribution in [0, 0.1) is 0 Å². The molecule has 0 bridgehead atoms. The third kappa shape index (κ3) is 3.78. The van der Waals surface area contributed by atoms with Crippen molar-refractivity contribution in [2.24, 2.45) is 0 Å². The monoisotopic (exact) mass is 470 g/mol. The first-order valence-electron chi connectivity index (χ1n) is 12.5. The van der Waals surface area contributed by atoms with Gasteiger partial charge in [-0.3, -0.25) is 19.9 Å². The molecule has 4 heteroatoms. The number of fused-ring (bicyclic) bond motifs is 6. The van der Waals surface area contributed by atoms with Crippen LogP contribution in [0.5, 0.6) is 0 Å². The molecule has 4 heterocycles. The summed E-state index contributed by atoms with van der Waals surface area (Å²) >= 11 is 0. The second kappa shape index (κ2) is 8.06. The van der Waals surface area contributed by atoms with E-state index in [1.807, 2.05) is 36.9 Å². The second-order valence-corrected chi connectivity index (χ2v) is 11.5. The molecule has 2 aromatic carbocycles. The summed E-state index contributed by atoms with van der Waals surface area (Å²) in [5.74, 6) is 0. The number of nitrogens with zero attached hydrogens (tertiary/aromatic N) is 4. The van der Waals surface area contributed by atoms with E-state index in [0.717, 1.165) is 50.0 Å². The summed E-state index contributed by atoms with van der Waals surface area (Å²) in [6.07, 6.45) is 8.56. The molecule has 0 aliphatic carbocycles. The second-order valence-electron chi connectivity index (χ2n) is 11.5. The molecular weight excluding hydrogens is 440 g/mol. The topological polar surface area (TPSA) is 51.6 Å². The van der Waals surface area contributed by atoms with Crippen LogP contribution in [0.2, 0.25) is 0 Å². The maximum absolute atomic E-state index is 4.91. The summed E-state index contributed by atoms with van der Waals surface area (Å²) in [5, 5.41) is 4.54. The third-order valence-corrected chi connectivity index (χ3v) is 7.26. The van der Waals surface area contributed by atoms with E-state index in [4.69, 9.17) is 15.0 Å². The minimum absolute atomic E-state index is 0.0670. The minimum Gasteiger partial charge on any atom is -0.254 e. The Morgan fingerprint density at radius 3 is 1.97 bits per heavy atom. The van der Waals surface area contributed by atoms with Crippen molar-refractivity contribution in [2.45, 2.75) is 51.9 Å². The quantitative estimate of drug-likeness (QED) is 0.249. The van der Waals surface area contributed by atoms with Crippen LogP contribution in [-0.4, -0.2) is 19.9 Å². The van der Waals surface area contributed by atoms with Crippen molar-refractivity contribution in [1.29, 1.82) is 0 Å². The molecular formula is C32H30N4. The van der Waals surface area contributed by atoms with Gasteiger partial charge in [-0.05, 0) is 64.3 Å². The van der Waals surface area contributed by atoms with Gasteiger partial charge in [-0.2, -0.15) is 0 Å². The number of pyridine rings is 4. The first-order chi connectivity index (χ1) is 17.2. The lowest BCUT2D eigenvalue weighted by molar-refractivity contribution is 0.527. The van der Waals surface area contributed by atoms with E-state index >= 15 is 0 Å². The maximum Gasteiger partial charge on any atom is 0.0967 e. The van der Waals surface area contributed by atoms with Gasteiger partial charge < -0.3 is 0 Å². The lowest BCUT2D eigenvalue weighted by Crippen LogP contribution is -2.21. The number of benzene rings is 2. The molecule has 178 valence electrons. The van der Waals surface area contributed by atoms with Crippen molar-refractivity contribution >= 4 is 43.6 Å². The standard InChI is InChI=1S/C32H30N4/c1-31(2,3)24-15-23-11-10-22-14-20(18-35-27(22)28(23)36-19-24)17-32(4,5)26-16-21-8-6-12-33-29(21)30-25(26)9-7-13-34-30/h6-16,18-19H,17H2,1-5H3. The predicted octanol–water partition coefficient (Wildman–Crippen LogP) is 7.70. The van der Waals surface area contributed by atoms with E-state index in [1.165, 1.54) is 16.7 Å². The van der Waals surface area contributed by atoms with Gasteiger partial charge in [0.05, 0.1) is 22.1 Å². The van der Waals surface area contributed by atoms with E-state index in [-0.39, 0.29) is 10.8 Å². The van der Waals surface area contributed by atoms with Gasteiger partial charge >= 0.3 is 0 Å². The minimum atomic E-state index is -0.128. The van der Waals surface area contributed by atoms with Gasteiger partial charge in [0.2, 0.25) is 0 Å². The molecule has 0 saturated carbocycles. The molecule has 0 amide bonds. The van der Waals surface area contributed by atoms with E-state index < -0.39 is 0 Å². The van der Waals surface area contributed by atoms with Crippen LogP contribution in [0.25, 0.3) is 43.6 Å². The Balaban J connectivity index is 1.42. The zero-order valence-electron chi connectivity index (χ0n) is 21.5. The van der Waals surface area contributed by atoms with Crippen LogP contribution in [0.1, 0.15) is 51.3 Å². The van der Waals surface area contributed by atoms with Gasteiger partial charge in [-0.25, -0.2) is 0 Å². The summed E-state index contributed by atoms with van der Waals surface area (Å²) in [4.78, 5) is 19.0.